The van der Waals surface area contributed by atoms with E-state index in [9.17, 15) is 14.7 Å². The summed E-state index contributed by atoms with van der Waals surface area (Å²) in [5.41, 5.74) is -0.994. The number of nitrogens with one attached hydrogen (secondary N) is 1. The number of aliphatic carboxylic acids is 1. The van der Waals surface area contributed by atoms with E-state index in [0.29, 0.717) is 11.8 Å². The summed E-state index contributed by atoms with van der Waals surface area (Å²) in [6.45, 7) is 9.79. The minimum absolute atomic E-state index is 0.0569. The van der Waals surface area contributed by atoms with Gasteiger partial charge in [-0.2, -0.15) is 0 Å². The van der Waals surface area contributed by atoms with Crippen LogP contribution in [0.3, 0.4) is 0 Å². The van der Waals surface area contributed by atoms with Crippen molar-refractivity contribution in [1.29, 1.82) is 0 Å². The summed E-state index contributed by atoms with van der Waals surface area (Å²) in [6, 6.07) is 0.205. The van der Waals surface area contributed by atoms with E-state index in [0.717, 1.165) is 19.3 Å². The van der Waals surface area contributed by atoms with E-state index < -0.39 is 11.4 Å². The Kier molecular flexibility index (Phi) is 6.24. The molecule has 0 aromatic carbocycles. The molecule has 0 saturated heterocycles. The van der Waals surface area contributed by atoms with Gasteiger partial charge in [0.25, 0.3) is 0 Å². The first-order valence-electron chi connectivity index (χ1n) is 8.21. The molecule has 0 spiro atoms. The third-order valence-corrected chi connectivity index (χ3v) is 5.31. The van der Waals surface area contributed by atoms with Gasteiger partial charge in [0.15, 0.2) is 0 Å². The predicted molar refractivity (Wildman–Crippen MR) is 83.9 cm³/mol. The molecule has 0 radical (unpaired) electrons. The molecule has 1 fully saturated rings. The second kappa shape index (κ2) is 7.28. The summed E-state index contributed by atoms with van der Waals surface area (Å²) in [6.07, 6.45) is 4.60. The Labute approximate surface area is 128 Å². The maximum Gasteiger partial charge on any atom is 0.310 e. The predicted octanol–water partition coefficient (Wildman–Crippen LogP) is 3.45. The Morgan fingerprint density at radius 2 is 1.76 bits per heavy atom. The Balaban J connectivity index is 2.69. The smallest absolute Gasteiger partial charge is 0.310 e. The molecular weight excluding hydrogens is 266 g/mol. The van der Waals surface area contributed by atoms with Crippen LogP contribution in [-0.2, 0) is 9.59 Å². The minimum Gasteiger partial charge on any atom is -0.481 e. The summed E-state index contributed by atoms with van der Waals surface area (Å²) in [4.78, 5) is 23.8. The number of hydrogen-bond acceptors (Lipinski definition) is 2. The van der Waals surface area contributed by atoms with E-state index >= 15 is 0 Å². The molecule has 3 atom stereocenters. The van der Waals surface area contributed by atoms with Gasteiger partial charge in [-0.05, 0) is 37.5 Å². The highest BCUT2D eigenvalue weighted by atomic mass is 16.4. The second-order valence-corrected chi connectivity index (χ2v) is 7.42. The largest absolute Gasteiger partial charge is 0.481 e. The number of carboxylic acid groups (broad SMARTS) is 1. The number of amides is 1. The molecule has 0 aromatic heterocycles. The van der Waals surface area contributed by atoms with Gasteiger partial charge in [-0.1, -0.05) is 40.5 Å². The van der Waals surface area contributed by atoms with Gasteiger partial charge in [0.05, 0.1) is 5.41 Å². The fourth-order valence-electron chi connectivity index (χ4n) is 3.25. The average Bonchev–Trinajstić information content (AvgIpc) is 2.38. The number of hydrogen-bond donors (Lipinski definition) is 2. The monoisotopic (exact) mass is 297 g/mol. The lowest BCUT2D eigenvalue weighted by Crippen LogP contribution is -2.47. The number of carbonyl (C=O) groups is 2. The first kappa shape index (κ1) is 18.0. The van der Waals surface area contributed by atoms with Gasteiger partial charge in [0.1, 0.15) is 0 Å². The average molecular weight is 297 g/mol. The molecule has 4 nitrogen and oxygen atoms in total. The third kappa shape index (κ3) is 4.45. The maximum absolute atomic E-state index is 12.3. The van der Waals surface area contributed by atoms with E-state index in [-0.39, 0.29) is 24.3 Å². The Morgan fingerprint density at radius 3 is 2.24 bits per heavy atom. The van der Waals surface area contributed by atoms with Gasteiger partial charge >= 0.3 is 5.97 Å². The zero-order valence-electron chi connectivity index (χ0n) is 14.1. The number of carboxylic acids is 1. The van der Waals surface area contributed by atoms with Gasteiger partial charge in [-0.25, -0.2) is 0 Å². The standard InChI is InChI=1S/C17H31NO3/c1-11(2)13-8-6-7-9-14(13)18-15(19)10-17(5,12(3)4)16(20)21/h11-14H,6-10H2,1-5H3,(H,18,19)(H,20,21). The van der Waals surface area contributed by atoms with Gasteiger partial charge in [-0.3, -0.25) is 9.59 Å². The molecule has 21 heavy (non-hydrogen) atoms. The van der Waals surface area contributed by atoms with Crippen LogP contribution in [0.25, 0.3) is 0 Å². The van der Waals surface area contributed by atoms with Crippen LogP contribution >= 0.6 is 0 Å². The van der Waals surface area contributed by atoms with Crippen molar-refractivity contribution < 1.29 is 14.7 Å². The lowest BCUT2D eigenvalue weighted by atomic mass is 9.75. The molecule has 122 valence electrons. The summed E-state index contributed by atoms with van der Waals surface area (Å²) in [5, 5.41) is 12.5. The summed E-state index contributed by atoms with van der Waals surface area (Å²) < 4.78 is 0. The Hall–Kier alpha value is -1.06. The first-order chi connectivity index (χ1) is 9.68. The highest BCUT2D eigenvalue weighted by molar-refractivity contribution is 5.85. The van der Waals surface area contributed by atoms with E-state index in [4.69, 9.17) is 0 Å². The van der Waals surface area contributed by atoms with Crippen molar-refractivity contribution in [2.45, 2.75) is 72.8 Å². The van der Waals surface area contributed by atoms with Crippen LogP contribution in [-0.4, -0.2) is 23.0 Å². The van der Waals surface area contributed by atoms with Crippen LogP contribution in [0.1, 0.15) is 66.7 Å². The minimum atomic E-state index is -0.994. The van der Waals surface area contributed by atoms with E-state index in [1.165, 1.54) is 6.42 Å². The highest BCUT2D eigenvalue weighted by Crippen LogP contribution is 2.33. The fraction of sp³-hybridized carbons (Fsp3) is 0.882. The zero-order chi connectivity index (χ0) is 16.2. The van der Waals surface area contributed by atoms with E-state index in [1.807, 2.05) is 13.8 Å². The van der Waals surface area contributed by atoms with Gasteiger partial charge in [-0.15, -0.1) is 0 Å². The molecule has 3 unspecified atom stereocenters. The summed E-state index contributed by atoms with van der Waals surface area (Å²) in [5.74, 6) is -0.0276. The van der Waals surface area contributed by atoms with Crippen LogP contribution in [0.2, 0.25) is 0 Å². The summed E-state index contributed by atoms with van der Waals surface area (Å²) >= 11 is 0. The maximum atomic E-state index is 12.3. The van der Waals surface area contributed by atoms with Crippen LogP contribution in [0, 0.1) is 23.2 Å². The topological polar surface area (TPSA) is 66.4 Å². The second-order valence-electron chi connectivity index (χ2n) is 7.42. The summed E-state index contributed by atoms with van der Waals surface area (Å²) in [7, 11) is 0. The van der Waals surface area contributed by atoms with E-state index in [2.05, 4.69) is 19.2 Å². The highest BCUT2D eigenvalue weighted by Gasteiger charge is 2.39. The Bertz CT molecular complexity index is 378. The fourth-order valence-corrected chi connectivity index (χ4v) is 3.25. The zero-order valence-corrected chi connectivity index (χ0v) is 14.1. The molecule has 1 aliphatic carbocycles. The first-order valence-corrected chi connectivity index (χ1v) is 8.21. The molecule has 1 rings (SSSR count). The van der Waals surface area contributed by atoms with Crippen molar-refractivity contribution in [2.24, 2.45) is 23.2 Å². The lowest BCUT2D eigenvalue weighted by Gasteiger charge is -2.36. The molecule has 1 amide bonds. The van der Waals surface area contributed by atoms with Gasteiger partial charge in [0, 0.05) is 12.5 Å². The van der Waals surface area contributed by atoms with Crippen LogP contribution in [0.15, 0.2) is 0 Å². The van der Waals surface area contributed by atoms with Gasteiger partial charge in [0.2, 0.25) is 5.91 Å². The Morgan fingerprint density at radius 1 is 1.19 bits per heavy atom. The molecule has 0 aliphatic heterocycles. The van der Waals surface area contributed by atoms with Crippen molar-refractivity contribution >= 4 is 11.9 Å². The van der Waals surface area contributed by atoms with Crippen molar-refractivity contribution in [3.05, 3.63) is 0 Å². The normalized spacial score (nSPS) is 25.7. The van der Waals surface area contributed by atoms with E-state index in [1.54, 1.807) is 6.92 Å². The number of rotatable bonds is 6. The molecule has 0 heterocycles. The molecule has 0 bridgehead atoms. The van der Waals surface area contributed by atoms with Crippen LogP contribution in [0.5, 0.6) is 0 Å². The van der Waals surface area contributed by atoms with Crippen molar-refractivity contribution in [3.8, 4) is 0 Å². The molecule has 4 heteroatoms. The van der Waals surface area contributed by atoms with Gasteiger partial charge < -0.3 is 10.4 Å². The van der Waals surface area contributed by atoms with Crippen LogP contribution in [0.4, 0.5) is 0 Å². The lowest BCUT2D eigenvalue weighted by molar-refractivity contribution is -0.153. The molecular formula is C17H31NO3. The quantitative estimate of drug-likeness (QED) is 0.789. The van der Waals surface area contributed by atoms with Crippen molar-refractivity contribution in [2.75, 3.05) is 0 Å². The molecule has 2 N–H and O–H groups in total. The third-order valence-electron chi connectivity index (χ3n) is 5.31. The molecule has 1 saturated carbocycles. The van der Waals surface area contributed by atoms with Crippen LogP contribution < -0.4 is 5.32 Å². The van der Waals surface area contributed by atoms with Crippen molar-refractivity contribution in [3.63, 3.8) is 0 Å². The SMILES string of the molecule is CC(C)C1CCCCC1NC(=O)CC(C)(C(=O)O)C(C)C. The number of carbonyl (C=O) groups excluding carboxylic acids is 1. The van der Waals surface area contributed by atoms with Crippen molar-refractivity contribution in [1.82, 2.24) is 5.32 Å². The molecule has 0 aromatic rings. The molecule has 1 aliphatic rings.